The van der Waals surface area contributed by atoms with Gasteiger partial charge in [-0.2, -0.15) is 5.10 Å². The fraction of sp³-hybridized carbons (Fsp3) is 0.333. The Morgan fingerprint density at radius 3 is 2.83 bits per heavy atom. The number of amides is 2. The van der Waals surface area contributed by atoms with E-state index in [1.165, 1.54) is 0 Å². The number of fused-ring (bicyclic) bond motifs is 2. The highest BCUT2D eigenvalue weighted by atomic mass is 16.6. The number of carbonyl (C=O) groups excluding carboxylic acids is 2. The van der Waals surface area contributed by atoms with Crippen LogP contribution >= 0.6 is 0 Å². The molecule has 0 bridgehead atoms. The summed E-state index contributed by atoms with van der Waals surface area (Å²) in [4.78, 5) is 39.4. The molecule has 2 aliphatic rings. The van der Waals surface area contributed by atoms with Crippen molar-refractivity contribution >= 4 is 22.8 Å². The van der Waals surface area contributed by atoms with Gasteiger partial charge < -0.3 is 9.64 Å². The standard InChI is InChI=1S/C15H14N4O4/c20-13-11-4-2-1-3-10(11)12(16-17-13)14(21)18-5-6-19-9(7-18)8-23-15(19)22/h1-4,9H,5-8H2,(H,17,20). The minimum absolute atomic E-state index is 0.116. The van der Waals surface area contributed by atoms with Gasteiger partial charge in [-0.1, -0.05) is 18.2 Å². The van der Waals surface area contributed by atoms with E-state index in [0.29, 0.717) is 37.0 Å². The molecule has 0 radical (unpaired) electrons. The number of hydrogen-bond donors (Lipinski definition) is 1. The van der Waals surface area contributed by atoms with Gasteiger partial charge in [-0.05, 0) is 6.07 Å². The number of rotatable bonds is 1. The summed E-state index contributed by atoms with van der Waals surface area (Å²) in [6.45, 7) is 1.55. The maximum Gasteiger partial charge on any atom is 0.410 e. The molecule has 0 aliphatic carbocycles. The fourth-order valence-corrected chi connectivity index (χ4v) is 3.10. The van der Waals surface area contributed by atoms with Gasteiger partial charge in [0.15, 0.2) is 5.69 Å². The number of carbonyl (C=O) groups is 2. The summed E-state index contributed by atoms with van der Waals surface area (Å²) in [6.07, 6.45) is -0.324. The first-order chi connectivity index (χ1) is 11.1. The van der Waals surface area contributed by atoms with E-state index in [9.17, 15) is 14.4 Å². The van der Waals surface area contributed by atoms with E-state index in [0.717, 1.165) is 0 Å². The van der Waals surface area contributed by atoms with Crippen molar-refractivity contribution in [3.8, 4) is 0 Å². The molecule has 1 N–H and O–H groups in total. The molecule has 2 fully saturated rings. The summed E-state index contributed by atoms with van der Waals surface area (Å²) >= 11 is 0. The van der Waals surface area contributed by atoms with Crippen LogP contribution in [0.1, 0.15) is 10.5 Å². The first kappa shape index (κ1) is 13.7. The smallest absolute Gasteiger partial charge is 0.410 e. The van der Waals surface area contributed by atoms with Crippen LogP contribution in [0.25, 0.3) is 10.8 Å². The van der Waals surface area contributed by atoms with Gasteiger partial charge in [0.25, 0.3) is 11.5 Å². The molecule has 1 aromatic carbocycles. The van der Waals surface area contributed by atoms with Gasteiger partial charge in [0.1, 0.15) is 6.61 Å². The zero-order valence-electron chi connectivity index (χ0n) is 12.2. The first-order valence-electron chi connectivity index (χ1n) is 7.35. The van der Waals surface area contributed by atoms with Gasteiger partial charge in [-0.3, -0.25) is 14.5 Å². The summed E-state index contributed by atoms with van der Waals surface area (Å²) in [5, 5.41) is 7.28. The second-order valence-corrected chi connectivity index (χ2v) is 5.62. The Balaban J connectivity index is 1.67. The highest BCUT2D eigenvalue weighted by Gasteiger charge is 2.39. The molecule has 2 saturated heterocycles. The quantitative estimate of drug-likeness (QED) is 0.811. The van der Waals surface area contributed by atoms with Gasteiger partial charge in [0.05, 0.1) is 11.4 Å². The van der Waals surface area contributed by atoms with Crippen molar-refractivity contribution < 1.29 is 14.3 Å². The molecule has 1 aromatic heterocycles. The highest BCUT2D eigenvalue weighted by Crippen LogP contribution is 2.20. The average Bonchev–Trinajstić information content (AvgIpc) is 2.95. The van der Waals surface area contributed by atoms with Crippen molar-refractivity contribution in [1.82, 2.24) is 20.0 Å². The predicted molar refractivity (Wildman–Crippen MR) is 80.1 cm³/mol. The molecule has 2 amide bonds. The van der Waals surface area contributed by atoms with E-state index in [-0.39, 0.29) is 29.3 Å². The molecule has 8 nitrogen and oxygen atoms in total. The molecule has 3 heterocycles. The third-order valence-electron chi connectivity index (χ3n) is 4.30. The van der Waals surface area contributed by atoms with Gasteiger partial charge in [-0.15, -0.1) is 0 Å². The number of aromatic nitrogens is 2. The summed E-state index contributed by atoms with van der Waals surface area (Å²) in [6, 6.07) is 6.76. The van der Waals surface area contributed by atoms with Crippen molar-refractivity contribution in [2.75, 3.05) is 26.2 Å². The predicted octanol–water partition coefficient (Wildman–Crippen LogP) is 0.200. The Hall–Kier alpha value is -2.90. The highest BCUT2D eigenvalue weighted by molar-refractivity contribution is 6.04. The molecule has 2 aromatic rings. The van der Waals surface area contributed by atoms with Gasteiger partial charge in [-0.25, -0.2) is 9.89 Å². The second kappa shape index (κ2) is 5.08. The average molecular weight is 314 g/mol. The maximum absolute atomic E-state index is 12.8. The van der Waals surface area contributed by atoms with Crippen molar-refractivity contribution in [2.45, 2.75) is 6.04 Å². The Labute approximate surface area is 130 Å². The number of nitrogens with zero attached hydrogens (tertiary/aromatic N) is 3. The van der Waals surface area contributed by atoms with Crippen LogP contribution in [-0.2, 0) is 4.74 Å². The molecule has 23 heavy (non-hydrogen) atoms. The number of cyclic esters (lactones) is 1. The van der Waals surface area contributed by atoms with E-state index < -0.39 is 0 Å². The van der Waals surface area contributed by atoms with Crippen molar-refractivity contribution in [1.29, 1.82) is 0 Å². The zero-order valence-corrected chi connectivity index (χ0v) is 12.2. The molecule has 1 unspecified atom stereocenters. The molecule has 0 saturated carbocycles. The Morgan fingerprint density at radius 1 is 1.22 bits per heavy atom. The molecular formula is C15H14N4O4. The maximum atomic E-state index is 12.8. The van der Waals surface area contributed by atoms with Crippen LogP contribution in [0.5, 0.6) is 0 Å². The largest absolute Gasteiger partial charge is 0.447 e. The Morgan fingerprint density at radius 2 is 2.00 bits per heavy atom. The summed E-state index contributed by atoms with van der Waals surface area (Å²) < 4.78 is 5.01. The van der Waals surface area contributed by atoms with Crippen LogP contribution < -0.4 is 5.56 Å². The van der Waals surface area contributed by atoms with Crippen LogP contribution in [0.3, 0.4) is 0 Å². The lowest BCUT2D eigenvalue weighted by atomic mass is 10.1. The lowest BCUT2D eigenvalue weighted by Gasteiger charge is -2.35. The van der Waals surface area contributed by atoms with E-state index in [1.807, 2.05) is 0 Å². The van der Waals surface area contributed by atoms with E-state index >= 15 is 0 Å². The Bertz CT molecular complexity index is 862. The number of hydrogen-bond acceptors (Lipinski definition) is 5. The second-order valence-electron chi connectivity index (χ2n) is 5.62. The monoisotopic (exact) mass is 314 g/mol. The zero-order chi connectivity index (χ0) is 16.0. The lowest BCUT2D eigenvalue weighted by Crippen LogP contribution is -2.53. The summed E-state index contributed by atoms with van der Waals surface area (Å²) in [7, 11) is 0. The number of ether oxygens (including phenoxy) is 1. The van der Waals surface area contributed by atoms with E-state index in [4.69, 9.17) is 4.74 Å². The molecule has 1 atom stereocenters. The normalized spacial score (nSPS) is 20.5. The number of aromatic amines is 1. The topological polar surface area (TPSA) is 95.6 Å². The summed E-state index contributed by atoms with van der Waals surface area (Å²) in [5.41, 5.74) is -0.101. The van der Waals surface area contributed by atoms with E-state index in [1.54, 1.807) is 34.1 Å². The molecule has 2 aliphatic heterocycles. The third kappa shape index (κ3) is 2.14. The number of benzene rings is 1. The van der Waals surface area contributed by atoms with Crippen LogP contribution in [0.2, 0.25) is 0 Å². The minimum atomic E-state index is -0.324. The van der Waals surface area contributed by atoms with Crippen LogP contribution in [0.15, 0.2) is 29.1 Å². The molecule has 118 valence electrons. The number of H-pyrrole nitrogens is 1. The molecule has 4 rings (SSSR count). The molecule has 8 heteroatoms. The third-order valence-corrected chi connectivity index (χ3v) is 4.30. The van der Waals surface area contributed by atoms with Crippen molar-refractivity contribution in [3.63, 3.8) is 0 Å². The van der Waals surface area contributed by atoms with Gasteiger partial charge in [0, 0.05) is 25.0 Å². The SMILES string of the molecule is O=C(c1n[nH]c(=O)c2ccccc12)N1CCN2C(=O)OCC2C1. The van der Waals surface area contributed by atoms with Crippen molar-refractivity contribution in [2.24, 2.45) is 0 Å². The van der Waals surface area contributed by atoms with Crippen LogP contribution in [0, 0.1) is 0 Å². The first-order valence-corrected chi connectivity index (χ1v) is 7.35. The van der Waals surface area contributed by atoms with Gasteiger partial charge >= 0.3 is 6.09 Å². The minimum Gasteiger partial charge on any atom is -0.447 e. The van der Waals surface area contributed by atoms with Crippen LogP contribution in [-0.4, -0.2) is 64.3 Å². The van der Waals surface area contributed by atoms with E-state index in [2.05, 4.69) is 10.2 Å². The fourth-order valence-electron chi connectivity index (χ4n) is 3.10. The number of piperazine rings is 1. The van der Waals surface area contributed by atoms with Crippen LogP contribution in [0.4, 0.5) is 4.79 Å². The van der Waals surface area contributed by atoms with Crippen molar-refractivity contribution in [3.05, 3.63) is 40.3 Å². The lowest BCUT2D eigenvalue weighted by molar-refractivity contribution is 0.0612. The number of nitrogens with one attached hydrogen (secondary N) is 1. The van der Waals surface area contributed by atoms with Gasteiger partial charge in [0.2, 0.25) is 0 Å². The Kier molecular flexibility index (Phi) is 3.03. The summed E-state index contributed by atoms with van der Waals surface area (Å²) in [5.74, 6) is -0.253. The molecular weight excluding hydrogens is 300 g/mol. The molecule has 0 spiro atoms.